The van der Waals surface area contributed by atoms with Gasteiger partial charge in [-0.25, -0.2) is 0 Å². The number of unbranched alkanes of at least 4 members (excludes halogenated alkanes) is 1. The average Bonchev–Trinajstić information content (AvgIpc) is 2.93. The van der Waals surface area contributed by atoms with Gasteiger partial charge in [-0.05, 0) is 43.5 Å². The number of hydrogen-bond donors (Lipinski definition) is 2. The summed E-state index contributed by atoms with van der Waals surface area (Å²) in [7, 11) is 3.14. The van der Waals surface area contributed by atoms with Gasteiger partial charge in [-0.3, -0.25) is 19.2 Å². The monoisotopic (exact) mass is 540 g/mol. The lowest BCUT2D eigenvalue weighted by Crippen LogP contribution is -2.38. The Labute approximate surface area is 230 Å². The topological polar surface area (TPSA) is 117 Å². The summed E-state index contributed by atoms with van der Waals surface area (Å²) < 4.78 is 10.6. The molecule has 2 N–H and O–H groups in total. The molecule has 2 aromatic carbocycles. The van der Waals surface area contributed by atoms with E-state index in [4.69, 9.17) is 9.47 Å². The molecule has 0 atom stereocenters. The Morgan fingerprint density at radius 3 is 1.59 bits per heavy atom. The summed E-state index contributed by atoms with van der Waals surface area (Å²) in [5.41, 5.74) is 1.41. The maximum absolute atomic E-state index is 13.2. The second-order valence-corrected chi connectivity index (χ2v) is 9.02. The van der Waals surface area contributed by atoms with Crippen molar-refractivity contribution in [2.45, 2.75) is 46.0 Å². The second-order valence-electron chi connectivity index (χ2n) is 9.02. The van der Waals surface area contributed by atoms with Gasteiger partial charge in [-0.1, -0.05) is 12.1 Å². The van der Waals surface area contributed by atoms with Gasteiger partial charge in [-0.2, -0.15) is 0 Å². The van der Waals surface area contributed by atoms with Crippen LogP contribution in [0.1, 0.15) is 46.0 Å². The number of hydrogen-bond acceptors (Lipinski definition) is 6. The molecular formula is C29H40N4O6. The number of anilines is 2. The van der Waals surface area contributed by atoms with Crippen molar-refractivity contribution < 1.29 is 28.7 Å². The van der Waals surface area contributed by atoms with Gasteiger partial charge >= 0.3 is 0 Å². The van der Waals surface area contributed by atoms with Crippen LogP contribution in [0, 0.1) is 0 Å². The van der Waals surface area contributed by atoms with E-state index in [1.165, 1.54) is 13.8 Å². The number of ether oxygens (including phenoxy) is 2. The van der Waals surface area contributed by atoms with Gasteiger partial charge in [-0.15, -0.1) is 0 Å². The van der Waals surface area contributed by atoms with Gasteiger partial charge in [0.05, 0.1) is 14.2 Å². The molecule has 39 heavy (non-hydrogen) atoms. The number of carbonyl (C=O) groups is 4. The first-order valence-corrected chi connectivity index (χ1v) is 13.1. The van der Waals surface area contributed by atoms with Crippen molar-refractivity contribution in [3.8, 4) is 11.5 Å². The van der Waals surface area contributed by atoms with Crippen molar-refractivity contribution in [3.05, 3.63) is 48.5 Å². The van der Waals surface area contributed by atoms with Crippen LogP contribution in [0.15, 0.2) is 48.5 Å². The molecule has 10 nitrogen and oxygen atoms in total. The number of nitrogens with zero attached hydrogens (tertiary/aromatic N) is 2. The van der Waals surface area contributed by atoms with Crippen molar-refractivity contribution >= 4 is 35.0 Å². The largest absolute Gasteiger partial charge is 0.497 e. The molecule has 0 aliphatic heterocycles. The van der Waals surface area contributed by atoms with E-state index < -0.39 is 0 Å². The highest BCUT2D eigenvalue weighted by molar-refractivity contribution is 5.94. The zero-order valence-electron chi connectivity index (χ0n) is 23.3. The third kappa shape index (κ3) is 11.1. The number of nitrogens with one attached hydrogen (secondary N) is 2. The number of carbonyl (C=O) groups excluding carboxylic acids is 4. The fourth-order valence-corrected chi connectivity index (χ4v) is 4.02. The molecular weight excluding hydrogens is 500 g/mol. The zero-order chi connectivity index (χ0) is 28.6. The van der Waals surface area contributed by atoms with Crippen molar-refractivity contribution in [2.75, 3.05) is 50.2 Å². The first-order valence-electron chi connectivity index (χ1n) is 13.1. The van der Waals surface area contributed by atoms with E-state index >= 15 is 0 Å². The Balaban J connectivity index is 1.99. The van der Waals surface area contributed by atoms with Crippen LogP contribution in [0.3, 0.4) is 0 Å². The van der Waals surface area contributed by atoms with Gasteiger partial charge in [0, 0.05) is 76.4 Å². The maximum Gasteiger partial charge on any atom is 0.227 e. The normalized spacial score (nSPS) is 10.4. The van der Waals surface area contributed by atoms with E-state index in [-0.39, 0.29) is 36.5 Å². The smallest absolute Gasteiger partial charge is 0.227 e. The van der Waals surface area contributed by atoms with Crippen LogP contribution in [0.5, 0.6) is 11.5 Å². The van der Waals surface area contributed by atoms with E-state index in [1.54, 1.807) is 42.2 Å². The van der Waals surface area contributed by atoms with E-state index in [2.05, 4.69) is 10.6 Å². The molecule has 0 heterocycles. The minimum Gasteiger partial charge on any atom is -0.497 e. The molecule has 0 aliphatic rings. The van der Waals surface area contributed by atoms with Crippen molar-refractivity contribution in [1.29, 1.82) is 0 Å². The Morgan fingerprint density at radius 2 is 1.13 bits per heavy atom. The van der Waals surface area contributed by atoms with Gasteiger partial charge in [0.15, 0.2) is 0 Å². The number of methoxy groups -OCH3 is 2. The lowest BCUT2D eigenvalue weighted by molar-refractivity contribution is -0.120. The molecule has 0 spiro atoms. The molecule has 0 saturated carbocycles. The van der Waals surface area contributed by atoms with E-state index in [1.807, 2.05) is 30.3 Å². The third-order valence-corrected chi connectivity index (χ3v) is 6.01. The fraction of sp³-hybridized carbons (Fsp3) is 0.448. The Kier molecular flexibility index (Phi) is 13.3. The number of benzene rings is 2. The van der Waals surface area contributed by atoms with E-state index in [0.717, 1.165) is 5.69 Å². The molecule has 0 radical (unpaired) electrons. The third-order valence-electron chi connectivity index (χ3n) is 6.01. The van der Waals surface area contributed by atoms with Crippen molar-refractivity contribution in [2.24, 2.45) is 0 Å². The Hall–Kier alpha value is -4.08. The standard InChI is InChI=1S/C29H40N4O6/c1-22(34)30-16-9-18-32(24-10-7-12-26(20-24)38-3)28(36)14-5-6-15-29(37)33(19-17-31-23(2)35)25-11-8-13-27(21-25)39-4/h7-8,10-13,20-21H,5-6,9,14-19H2,1-4H3,(H,30,34)(H,31,35). The second kappa shape index (κ2) is 16.7. The van der Waals surface area contributed by atoms with Crippen LogP contribution in [0.2, 0.25) is 0 Å². The summed E-state index contributed by atoms with van der Waals surface area (Å²) >= 11 is 0. The van der Waals surface area contributed by atoms with E-state index in [9.17, 15) is 19.2 Å². The molecule has 10 heteroatoms. The van der Waals surface area contributed by atoms with Crippen LogP contribution in [-0.2, 0) is 19.2 Å². The molecule has 0 fully saturated rings. The van der Waals surface area contributed by atoms with Gasteiger partial charge in [0.2, 0.25) is 23.6 Å². The van der Waals surface area contributed by atoms with Crippen molar-refractivity contribution in [3.63, 3.8) is 0 Å². The van der Waals surface area contributed by atoms with Crippen molar-refractivity contribution in [1.82, 2.24) is 10.6 Å². The molecule has 0 aliphatic carbocycles. The first kappa shape index (κ1) is 31.1. The molecule has 2 rings (SSSR count). The molecule has 4 amide bonds. The SMILES string of the molecule is COc1cccc(N(CCCNC(C)=O)C(=O)CCCCC(=O)N(CCNC(C)=O)c2cccc(OC)c2)c1. The number of rotatable bonds is 16. The summed E-state index contributed by atoms with van der Waals surface area (Å²) in [5, 5.41) is 5.48. The Bertz CT molecular complexity index is 1110. The minimum atomic E-state index is -0.163. The average molecular weight is 541 g/mol. The van der Waals surface area contributed by atoms with Gasteiger partial charge in [0.1, 0.15) is 11.5 Å². The summed E-state index contributed by atoms with van der Waals surface area (Å²) in [4.78, 5) is 52.2. The fourth-order valence-electron chi connectivity index (χ4n) is 4.02. The Morgan fingerprint density at radius 1 is 0.667 bits per heavy atom. The quantitative estimate of drug-likeness (QED) is 0.316. The highest BCUT2D eigenvalue weighted by Crippen LogP contribution is 2.24. The van der Waals surface area contributed by atoms with Crippen LogP contribution in [-0.4, -0.2) is 64.0 Å². The highest BCUT2D eigenvalue weighted by atomic mass is 16.5. The molecule has 212 valence electrons. The summed E-state index contributed by atoms with van der Waals surface area (Å²) in [5.74, 6) is 0.847. The molecule has 0 bridgehead atoms. The summed E-state index contributed by atoms with van der Waals surface area (Å²) in [6, 6.07) is 14.5. The zero-order valence-corrected chi connectivity index (χ0v) is 23.3. The molecule has 0 aromatic heterocycles. The minimum absolute atomic E-state index is 0.0613. The lowest BCUT2D eigenvalue weighted by Gasteiger charge is -2.24. The lowest BCUT2D eigenvalue weighted by atomic mass is 10.1. The predicted octanol–water partition coefficient (Wildman–Crippen LogP) is 3.29. The molecule has 2 aromatic rings. The summed E-state index contributed by atoms with van der Waals surface area (Å²) in [6.07, 6.45) is 2.20. The van der Waals surface area contributed by atoms with Gasteiger partial charge < -0.3 is 29.9 Å². The van der Waals surface area contributed by atoms with Gasteiger partial charge in [0.25, 0.3) is 0 Å². The highest BCUT2D eigenvalue weighted by Gasteiger charge is 2.19. The van der Waals surface area contributed by atoms with Crippen LogP contribution in [0.4, 0.5) is 11.4 Å². The van der Waals surface area contributed by atoms with Crippen LogP contribution >= 0.6 is 0 Å². The van der Waals surface area contributed by atoms with E-state index in [0.29, 0.717) is 62.6 Å². The molecule has 0 saturated heterocycles. The summed E-state index contributed by atoms with van der Waals surface area (Å²) in [6.45, 7) is 4.45. The predicted molar refractivity (Wildman–Crippen MR) is 151 cm³/mol. The maximum atomic E-state index is 13.2. The van der Waals surface area contributed by atoms with Crippen LogP contribution in [0.25, 0.3) is 0 Å². The first-order chi connectivity index (χ1) is 18.7. The molecule has 0 unspecified atom stereocenters. The number of amides is 4. The van der Waals surface area contributed by atoms with Crippen LogP contribution < -0.4 is 29.9 Å².